The molecule has 16 rings (SSSR count). The number of carbonyl (C=O) groups is 2. The van der Waals surface area contributed by atoms with Gasteiger partial charge in [0.15, 0.2) is 0 Å². The maximum absolute atomic E-state index is 13.6. The number of aromatic nitrogens is 2. The number of hydrogen-bond acceptors (Lipinski definition) is 5. The van der Waals surface area contributed by atoms with Gasteiger partial charge < -0.3 is 22.1 Å². The molecular weight excluding hydrogens is 1480 g/mol. The van der Waals surface area contributed by atoms with Crippen LogP contribution in [0.3, 0.4) is 0 Å². The summed E-state index contributed by atoms with van der Waals surface area (Å²) < 4.78 is 28.8. The van der Waals surface area contributed by atoms with Crippen molar-refractivity contribution in [2.24, 2.45) is 11.5 Å². The minimum Gasteiger partial charge on any atom is -0.352 e. The minimum absolute atomic E-state index is 0.251. The molecule has 116 heavy (non-hydrogen) atoms. The van der Waals surface area contributed by atoms with Crippen molar-refractivity contribution in [1.29, 1.82) is 10.5 Å². The van der Waals surface area contributed by atoms with Crippen LogP contribution in [0.2, 0.25) is 10.0 Å². The van der Waals surface area contributed by atoms with E-state index < -0.39 is 39.5 Å². The Bertz CT molecular complexity index is 5400. The van der Waals surface area contributed by atoms with Crippen LogP contribution >= 0.6 is 23.2 Å². The summed E-state index contributed by atoms with van der Waals surface area (Å²) in [5.41, 5.74) is 20.9. The van der Waals surface area contributed by atoms with E-state index in [-0.39, 0.29) is 11.6 Å². The highest BCUT2D eigenvalue weighted by molar-refractivity contribution is 6.30. The van der Waals surface area contributed by atoms with E-state index >= 15 is 0 Å². The molecule has 0 aliphatic carbocycles. The molecule has 10 nitrogen and oxygen atoms in total. The molecule has 0 bridgehead atoms. The third kappa shape index (κ3) is 17.8. The maximum atomic E-state index is 13.6. The van der Waals surface area contributed by atoms with Crippen molar-refractivity contribution in [1.82, 2.24) is 20.4 Å². The van der Waals surface area contributed by atoms with E-state index in [4.69, 9.17) is 34.7 Å². The standard InChI is InChI=1S/C22H17FN2.C20H17ClN2O.C20H14ClN.C20H14FN.C20H18N2O/c23-21-14-12-20(13-15-21)22(25-17-7-16-24-25,18-8-3-1-4-9-18)19-10-5-2-6-11-19;21-18-13-11-17(12-14-18)20(23-19(22)24,15-7-3-1-4-8-15)16-9-5-2-6-10-16;2*21-19-13-11-18(12-14-19)20(15-22,16-7-3-1-4-8-16)17-9-5-2-6-10-17;21-19(23)22-20(16-10-4-1-5-11-16,17-12-6-2-7-13-17)18-14-8-3-9-15-18/h1-17H;1-14H,(H3,22,23,24);2*1-14H;1-15H,(H3,21,22,23). The number of urea groups is 2. The Morgan fingerprint density at radius 3 is 0.698 bits per heavy atom. The van der Waals surface area contributed by atoms with Crippen LogP contribution in [0, 0.1) is 34.3 Å². The molecule has 15 aromatic carbocycles. The van der Waals surface area contributed by atoms with Gasteiger partial charge in [0.2, 0.25) is 0 Å². The van der Waals surface area contributed by atoms with Gasteiger partial charge in [0.25, 0.3) is 0 Å². The summed E-state index contributed by atoms with van der Waals surface area (Å²) >= 11 is 12.1. The fourth-order valence-electron chi connectivity index (χ4n) is 14.9. The second-order valence-corrected chi connectivity index (χ2v) is 27.8. The minimum atomic E-state index is -0.948. The average molecular weight is 1560 g/mol. The molecule has 0 aliphatic heterocycles. The highest BCUT2D eigenvalue weighted by Gasteiger charge is 2.42. The van der Waals surface area contributed by atoms with Crippen molar-refractivity contribution < 1.29 is 18.4 Å². The number of amides is 4. The first kappa shape index (κ1) is 81.0. The number of rotatable bonds is 18. The molecule has 0 saturated heterocycles. The number of primary amides is 2. The molecule has 0 radical (unpaired) electrons. The Labute approximate surface area is 685 Å². The smallest absolute Gasteiger partial charge is 0.313 e. The van der Waals surface area contributed by atoms with E-state index in [1.54, 1.807) is 30.5 Å². The summed E-state index contributed by atoms with van der Waals surface area (Å²) in [4.78, 5) is 23.7. The van der Waals surface area contributed by atoms with Crippen LogP contribution in [0.15, 0.2) is 449 Å². The molecule has 0 unspecified atom stereocenters. The number of hydrogen-bond donors (Lipinski definition) is 4. The monoisotopic (exact) mass is 1560 g/mol. The lowest BCUT2D eigenvalue weighted by Gasteiger charge is -2.36. The van der Waals surface area contributed by atoms with Crippen LogP contribution in [0.5, 0.6) is 0 Å². The summed E-state index contributed by atoms with van der Waals surface area (Å²) in [7, 11) is 0. The van der Waals surface area contributed by atoms with Crippen LogP contribution in [-0.2, 0) is 27.4 Å². The molecule has 0 saturated carbocycles. The lowest BCUT2D eigenvalue weighted by atomic mass is 9.70. The summed E-state index contributed by atoms with van der Waals surface area (Å²) in [5.74, 6) is -0.559. The first-order valence-corrected chi connectivity index (χ1v) is 38.1. The van der Waals surface area contributed by atoms with Crippen molar-refractivity contribution in [3.63, 3.8) is 0 Å². The van der Waals surface area contributed by atoms with Gasteiger partial charge in [-0.15, -0.1) is 0 Å². The molecule has 1 aromatic heterocycles. The van der Waals surface area contributed by atoms with E-state index in [1.165, 1.54) is 24.3 Å². The zero-order valence-corrected chi connectivity index (χ0v) is 64.5. The van der Waals surface area contributed by atoms with E-state index in [2.05, 4.69) is 52.1 Å². The topological polar surface area (TPSA) is 176 Å². The fourth-order valence-corrected chi connectivity index (χ4v) is 15.1. The van der Waals surface area contributed by atoms with Crippen molar-refractivity contribution in [2.45, 2.75) is 27.4 Å². The maximum Gasteiger partial charge on any atom is 0.313 e. The van der Waals surface area contributed by atoms with E-state index in [0.29, 0.717) is 10.0 Å². The molecule has 568 valence electrons. The molecule has 0 aliphatic rings. The molecule has 4 amide bonds. The number of nitrogens with one attached hydrogen (secondary N) is 2. The molecule has 0 atom stereocenters. The number of halogens is 4. The SMILES string of the molecule is Fc1ccc(C(c2ccccc2)(c2ccccc2)n2cccn2)cc1.N#CC(c1ccccc1)(c1ccccc1)c1ccc(Cl)cc1.N#CC(c1ccccc1)(c1ccccc1)c1ccc(F)cc1.NC(=O)NC(c1ccccc1)(c1ccccc1)c1ccc(Cl)cc1.NC(=O)NC(c1ccccc1)(c1ccccc1)c1ccccc1. The lowest BCUT2D eigenvalue weighted by molar-refractivity contribution is 0.241. The highest BCUT2D eigenvalue weighted by atomic mass is 35.5. The molecule has 1 heterocycles. The van der Waals surface area contributed by atoms with Crippen molar-refractivity contribution in [3.8, 4) is 12.1 Å². The third-order valence-electron chi connectivity index (χ3n) is 20.1. The first-order chi connectivity index (χ1) is 56.7. The predicted octanol–water partition coefficient (Wildman–Crippen LogP) is 22.7. The van der Waals surface area contributed by atoms with Gasteiger partial charge in [-0.3, -0.25) is 4.68 Å². The van der Waals surface area contributed by atoms with E-state index in [9.17, 15) is 28.9 Å². The number of nitrogens with two attached hydrogens (primary N) is 2. The summed E-state index contributed by atoms with van der Waals surface area (Å²) in [6.07, 6.45) is 3.72. The summed E-state index contributed by atoms with van der Waals surface area (Å²) in [6.45, 7) is 0. The largest absolute Gasteiger partial charge is 0.352 e. The number of carbonyl (C=O) groups excluding carboxylic acids is 2. The zero-order chi connectivity index (χ0) is 81.1. The second-order valence-electron chi connectivity index (χ2n) is 26.9. The van der Waals surface area contributed by atoms with Crippen LogP contribution < -0.4 is 22.1 Å². The van der Waals surface area contributed by atoms with Gasteiger partial charge in [-0.05, 0) is 138 Å². The van der Waals surface area contributed by atoms with Gasteiger partial charge in [0.1, 0.15) is 39.1 Å². The average Bonchev–Trinajstić information content (AvgIpc) is 1.28. The predicted molar refractivity (Wildman–Crippen MR) is 460 cm³/mol. The van der Waals surface area contributed by atoms with Gasteiger partial charge >= 0.3 is 12.1 Å². The van der Waals surface area contributed by atoms with Crippen molar-refractivity contribution >= 4 is 35.3 Å². The van der Waals surface area contributed by atoms with E-state index in [1.807, 2.05) is 375 Å². The summed E-state index contributed by atoms with van der Waals surface area (Å²) in [6, 6.07) is 142. The molecule has 0 fully saturated rings. The third-order valence-corrected chi connectivity index (χ3v) is 20.6. The van der Waals surface area contributed by atoms with Crippen LogP contribution in [0.25, 0.3) is 0 Å². The van der Waals surface area contributed by atoms with E-state index in [0.717, 1.165) is 83.5 Å². The van der Waals surface area contributed by atoms with Gasteiger partial charge in [-0.1, -0.05) is 405 Å². The zero-order valence-electron chi connectivity index (χ0n) is 63.0. The Morgan fingerprint density at radius 2 is 0.474 bits per heavy atom. The quantitative estimate of drug-likeness (QED) is 0.0624. The molecule has 14 heteroatoms. The first-order valence-electron chi connectivity index (χ1n) is 37.3. The molecule has 16 aromatic rings. The van der Waals surface area contributed by atoms with Crippen LogP contribution in [0.4, 0.5) is 18.4 Å². The Balaban J connectivity index is 0.000000134. The number of benzene rings is 15. The van der Waals surface area contributed by atoms with Crippen LogP contribution in [-0.4, -0.2) is 21.8 Å². The lowest BCUT2D eigenvalue weighted by Crippen LogP contribution is -2.49. The van der Waals surface area contributed by atoms with Crippen molar-refractivity contribution in [3.05, 3.63) is 554 Å². The van der Waals surface area contributed by atoms with Gasteiger partial charge in [-0.25, -0.2) is 18.4 Å². The van der Waals surface area contributed by atoms with Gasteiger partial charge in [0.05, 0.1) is 12.1 Å². The second kappa shape index (κ2) is 38.6. The normalized spacial score (nSPS) is 11.1. The van der Waals surface area contributed by atoms with Crippen molar-refractivity contribution in [2.75, 3.05) is 0 Å². The Kier molecular flexibility index (Phi) is 26.9. The van der Waals surface area contributed by atoms with Gasteiger partial charge in [0, 0.05) is 22.4 Å². The Morgan fingerprint density at radius 1 is 0.284 bits per heavy atom. The number of nitriles is 2. The van der Waals surface area contributed by atoms with Gasteiger partial charge in [-0.2, -0.15) is 15.6 Å². The fraction of sp³-hybridized carbons (Fsp3) is 0.0490. The summed E-state index contributed by atoms with van der Waals surface area (Å²) in [5, 5.41) is 32.0. The Hall–Kier alpha value is -14.5. The number of nitrogens with zero attached hydrogens (tertiary/aromatic N) is 4. The molecular formula is C102H80Cl2F2N8O2. The van der Waals surface area contributed by atoms with Crippen LogP contribution in [0.1, 0.15) is 83.5 Å². The molecule has 6 N–H and O–H groups in total. The molecule has 0 spiro atoms. The highest BCUT2D eigenvalue weighted by Crippen LogP contribution is 2.44.